The zero-order valence-electron chi connectivity index (χ0n) is 10.3. The molecule has 1 amide bonds. The maximum absolute atomic E-state index is 13.6. The van der Waals surface area contributed by atoms with Gasteiger partial charge in [0.1, 0.15) is 5.82 Å². The topological polar surface area (TPSA) is 20.3 Å². The van der Waals surface area contributed by atoms with Crippen molar-refractivity contribution in [3.63, 3.8) is 0 Å². The van der Waals surface area contributed by atoms with Gasteiger partial charge < -0.3 is 4.90 Å². The summed E-state index contributed by atoms with van der Waals surface area (Å²) in [7, 11) is 0. The second-order valence-corrected chi connectivity index (χ2v) is 5.28. The van der Waals surface area contributed by atoms with Gasteiger partial charge >= 0.3 is 0 Å². The molecule has 4 heteroatoms. The van der Waals surface area contributed by atoms with Crippen molar-refractivity contribution < 1.29 is 9.18 Å². The lowest BCUT2D eigenvalue weighted by molar-refractivity contribution is 0.0741. The minimum Gasteiger partial charge on any atom is -0.339 e. The molecule has 0 saturated heterocycles. The molecule has 0 atom stereocenters. The Bertz CT molecular complexity index is 406. The first-order valence-electron chi connectivity index (χ1n) is 5.70. The van der Waals surface area contributed by atoms with E-state index in [1.165, 1.54) is 12.1 Å². The third kappa shape index (κ3) is 3.80. The zero-order chi connectivity index (χ0) is 13.0. The van der Waals surface area contributed by atoms with Gasteiger partial charge in [-0.2, -0.15) is 0 Å². The molecule has 94 valence electrons. The van der Waals surface area contributed by atoms with Crippen molar-refractivity contribution in [1.82, 2.24) is 4.90 Å². The van der Waals surface area contributed by atoms with Crippen LogP contribution in [0.2, 0.25) is 0 Å². The summed E-state index contributed by atoms with van der Waals surface area (Å²) in [5.41, 5.74) is 0.127. The second kappa shape index (κ2) is 6.15. The van der Waals surface area contributed by atoms with Crippen molar-refractivity contribution in [2.45, 2.75) is 20.8 Å². The molecule has 1 aromatic carbocycles. The van der Waals surface area contributed by atoms with Crippen LogP contribution < -0.4 is 0 Å². The standard InChI is InChI=1S/C13H17BrFNO/c1-4-16(8-9(2)3)13(17)11-7-10(14)5-6-12(11)15/h5-7,9H,4,8H2,1-3H3. The number of rotatable bonds is 4. The first kappa shape index (κ1) is 14.2. The van der Waals surface area contributed by atoms with Crippen LogP contribution in [0.25, 0.3) is 0 Å². The predicted molar refractivity (Wildman–Crippen MR) is 70.5 cm³/mol. The lowest BCUT2D eigenvalue weighted by atomic mass is 10.1. The molecule has 0 saturated carbocycles. The predicted octanol–water partition coefficient (Wildman–Crippen LogP) is 3.71. The smallest absolute Gasteiger partial charge is 0.256 e. The summed E-state index contributed by atoms with van der Waals surface area (Å²) >= 11 is 3.25. The summed E-state index contributed by atoms with van der Waals surface area (Å²) in [5.74, 6) is -0.352. The van der Waals surface area contributed by atoms with Crippen LogP contribution in [0.1, 0.15) is 31.1 Å². The van der Waals surface area contributed by atoms with Crippen LogP contribution in [0.15, 0.2) is 22.7 Å². The van der Waals surface area contributed by atoms with E-state index in [2.05, 4.69) is 15.9 Å². The number of hydrogen-bond donors (Lipinski definition) is 0. The molecule has 0 spiro atoms. The van der Waals surface area contributed by atoms with Gasteiger partial charge in [-0.05, 0) is 31.0 Å². The van der Waals surface area contributed by atoms with Crippen LogP contribution in [0.5, 0.6) is 0 Å². The van der Waals surface area contributed by atoms with E-state index in [1.807, 2.05) is 20.8 Å². The average Bonchev–Trinajstić information content (AvgIpc) is 2.28. The fourth-order valence-corrected chi connectivity index (χ4v) is 1.99. The summed E-state index contributed by atoms with van der Waals surface area (Å²) in [4.78, 5) is 13.8. The monoisotopic (exact) mass is 301 g/mol. The van der Waals surface area contributed by atoms with Gasteiger partial charge in [0.2, 0.25) is 0 Å². The van der Waals surface area contributed by atoms with Crippen LogP contribution in [0.3, 0.4) is 0 Å². The Morgan fingerprint density at radius 3 is 2.65 bits per heavy atom. The molecular formula is C13H17BrFNO. The summed E-state index contributed by atoms with van der Waals surface area (Å²) < 4.78 is 14.3. The Morgan fingerprint density at radius 1 is 1.47 bits per heavy atom. The van der Waals surface area contributed by atoms with E-state index in [0.717, 1.165) is 0 Å². The number of hydrogen-bond acceptors (Lipinski definition) is 1. The number of carbonyl (C=O) groups excluding carboxylic acids is 1. The lowest BCUT2D eigenvalue weighted by Crippen LogP contribution is -2.34. The molecule has 1 rings (SSSR count). The molecule has 0 unspecified atom stereocenters. The number of halogens is 2. The van der Waals surface area contributed by atoms with Crippen molar-refractivity contribution in [1.29, 1.82) is 0 Å². The quantitative estimate of drug-likeness (QED) is 0.830. The number of amides is 1. The molecule has 0 heterocycles. The Hall–Kier alpha value is -0.900. The highest BCUT2D eigenvalue weighted by atomic mass is 79.9. The van der Waals surface area contributed by atoms with Gasteiger partial charge in [-0.25, -0.2) is 4.39 Å². The molecule has 0 aromatic heterocycles. The van der Waals surface area contributed by atoms with Crippen molar-refractivity contribution in [2.24, 2.45) is 5.92 Å². The third-order valence-electron chi connectivity index (χ3n) is 2.41. The maximum atomic E-state index is 13.6. The van der Waals surface area contributed by atoms with Gasteiger partial charge in [-0.1, -0.05) is 29.8 Å². The Labute approximate surface area is 110 Å². The van der Waals surface area contributed by atoms with Crippen LogP contribution in [-0.4, -0.2) is 23.9 Å². The van der Waals surface area contributed by atoms with E-state index in [1.54, 1.807) is 11.0 Å². The van der Waals surface area contributed by atoms with Gasteiger partial charge in [-0.3, -0.25) is 4.79 Å². The highest BCUT2D eigenvalue weighted by Gasteiger charge is 2.18. The molecule has 0 N–H and O–H groups in total. The minimum absolute atomic E-state index is 0.127. The molecular weight excluding hydrogens is 285 g/mol. The van der Waals surface area contributed by atoms with Gasteiger partial charge in [0, 0.05) is 17.6 Å². The normalized spacial score (nSPS) is 10.7. The highest BCUT2D eigenvalue weighted by Crippen LogP contribution is 2.17. The molecule has 0 bridgehead atoms. The van der Waals surface area contributed by atoms with E-state index in [4.69, 9.17) is 0 Å². The van der Waals surface area contributed by atoms with Crippen LogP contribution in [-0.2, 0) is 0 Å². The SMILES string of the molecule is CCN(CC(C)C)C(=O)c1cc(Br)ccc1F. The third-order valence-corrected chi connectivity index (χ3v) is 2.91. The first-order valence-corrected chi connectivity index (χ1v) is 6.49. The Balaban J connectivity index is 2.97. The van der Waals surface area contributed by atoms with Gasteiger partial charge in [0.15, 0.2) is 0 Å². The molecule has 2 nitrogen and oxygen atoms in total. The number of carbonyl (C=O) groups is 1. The highest BCUT2D eigenvalue weighted by molar-refractivity contribution is 9.10. The molecule has 0 aliphatic heterocycles. The van der Waals surface area contributed by atoms with Crippen LogP contribution in [0.4, 0.5) is 4.39 Å². The van der Waals surface area contributed by atoms with Gasteiger partial charge in [0.25, 0.3) is 5.91 Å². The molecule has 0 aliphatic rings. The van der Waals surface area contributed by atoms with E-state index >= 15 is 0 Å². The van der Waals surface area contributed by atoms with Gasteiger partial charge in [0.05, 0.1) is 5.56 Å². The fraction of sp³-hybridized carbons (Fsp3) is 0.462. The molecule has 17 heavy (non-hydrogen) atoms. The van der Waals surface area contributed by atoms with Crippen molar-refractivity contribution in [3.8, 4) is 0 Å². The molecule has 0 aliphatic carbocycles. The van der Waals surface area contributed by atoms with Crippen LogP contribution >= 0.6 is 15.9 Å². The van der Waals surface area contributed by atoms with Gasteiger partial charge in [-0.15, -0.1) is 0 Å². The average molecular weight is 302 g/mol. The zero-order valence-corrected chi connectivity index (χ0v) is 11.9. The fourth-order valence-electron chi connectivity index (χ4n) is 1.63. The number of nitrogens with zero attached hydrogens (tertiary/aromatic N) is 1. The van der Waals surface area contributed by atoms with Crippen molar-refractivity contribution in [2.75, 3.05) is 13.1 Å². The summed E-state index contributed by atoms with van der Waals surface area (Å²) in [6, 6.07) is 4.42. The minimum atomic E-state index is -0.472. The second-order valence-electron chi connectivity index (χ2n) is 4.36. The maximum Gasteiger partial charge on any atom is 0.256 e. The van der Waals surface area contributed by atoms with E-state index in [9.17, 15) is 9.18 Å². The van der Waals surface area contributed by atoms with Crippen molar-refractivity contribution in [3.05, 3.63) is 34.1 Å². The Morgan fingerprint density at radius 2 is 2.12 bits per heavy atom. The largest absolute Gasteiger partial charge is 0.339 e. The Kier molecular flexibility index (Phi) is 5.12. The summed E-state index contributed by atoms with van der Waals surface area (Å²) in [6.07, 6.45) is 0. The molecule has 1 aromatic rings. The molecule has 0 fully saturated rings. The van der Waals surface area contributed by atoms with E-state index in [0.29, 0.717) is 23.5 Å². The molecule has 0 radical (unpaired) electrons. The van der Waals surface area contributed by atoms with E-state index < -0.39 is 5.82 Å². The summed E-state index contributed by atoms with van der Waals surface area (Å²) in [5, 5.41) is 0. The van der Waals surface area contributed by atoms with Crippen LogP contribution in [0, 0.1) is 11.7 Å². The van der Waals surface area contributed by atoms with Crippen molar-refractivity contribution >= 4 is 21.8 Å². The lowest BCUT2D eigenvalue weighted by Gasteiger charge is -2.23. The summed E-state index contributed by atoms with van der Waals surface area (Å²) in [6.45, 7) is 7.20. The van der Waals surface area contributed by atoms with E-state index in [-0.39, 0.29) is 11.5 Å². The number of benzene rings is 1. The first-order chi connectivity index (χ1) is 7.95.